The first-order valence-corrected chi connectivity index (χ1v) is 11.1. The Bertz CT molecular complexity index is 877. The molecule has 0 saturated carbocycles. The van der Waals surface area contributed by atoms with E-state index in [0.717, 1.165) is 53.8 Å². The number of phenols is 1. The molecule has 1 unspecified atom stereocenters. The number of ether oxygens (including phenoxy) is 1. The standard InChI is InChI=1S/C26H38N2O2/c1-25(2,3)27-21(17-13-9-8-10-14-17)20-23(29)19-16-12-11-15-18(19)22(24(20)30-7)28-26(4,5)6/h8-10,13-14,21,27-29H,11-12,15-16H2,1-7H3. The third-order valence-corrected chi connectivity index (χ3v) is 5.49. The summed E-state index contributed by atoms with van der Waals surface area (Å²) in [7, 11) is 1.71. The Labute approximate surface area is 182 Å². The SMILES string of the molecule is COc1c(NC(C)(C)C)c2c(c(O)c1C(NC(C)(C)C)c1ccccc1)CCCC2. The Kier molecular flexibility index (Phi) is 6.37. The van der Waals surface area contributed by atoms with E-state index in [0.29, 0.717) is 5.75 Å². The van der Waals surface area contributed by atoms with Crippen LogP contribution < -0.4 is 15.4 Å². The van der Waals surface area contributed by atoms with Crippen LogP contribution in [0.15, 0.2) is 30.3 Å². The first-order chi connectivity index (χ1) is 14.0. The van der Waals surface area contributed by atoms with Gasteiger partial charge in [0, 0.05) is 11.1 Å². The van der Waals surface area contributed by atoms with E-state index in [1.54, 1.807) is 7.11 Å². The smallest absolute Gasteiger partial charge is 0.151 e. The van der Waals surface area contributed by atoms with Crippen LogP contribution in [0, 0.1) is 0 Å². The van der Waals surface area contributed by atoms with Crippen molar-refractivity contribution >= 4 is 5.69 Å². The molecule has 1 aliphatic rings. The van der Waals surface area contributed by atoms with Crippen LogP contribution in [0.1, 0.15) is 82.7 Å². The predicted octanol–water partition coefficient (Wildman–Crippen LogP) is 5.97. The second-order valence-corrected chi connectivity index (χ2v) is 10.4. The van der Waals surface area contributed by atoms with E-state index in [4.69, 9.17) is 4.74 Å². The molecule has 30 heavy (non-hydrogen) atoms. The van der Waals surface area contributed by atoms with Gasteiger partial charge in [-0.2, -0.15) is 0 Å². The number of hydrogen-bond acceptors (Lipinski definition) is 4. The van der Waals surface area contributed by atoms with Crippen molar-refractivity contribution in [1.29, 1.82) is 0 Å². The van der Waals surface area contributed by atoms with Crippen molar-refractivity contribution in [3.05, 3.63) is 52.6 Å². The fraction of sp³-hybridized carbons (Fsp3) is 0.538. The van der Waals surface area contributed by atoms with Crippen LogP contribution in [0.4, 0.5) is 5.69 Å². The summed E-state index contributed by atoms with van der Waals surface area (Å²) in [4.78, 5) is 0. The quantitative estimate of drug-likeness (QED) is 0.532. The van der Waals surface area contributed by atoms with Crippen molar-refractivity contribution in [2.45, 2.75) is 84.3 Å². The van der Waals surface area contributed by atoms with Crippen LogP contribution >= 0.6 is 0 Å². The second-order valence-electron chi connectivity index (χ2n) is 10.4. The monoisotopic (exact) mass is 410 g/mol. The zero-order valence-electron chi connectivity index (χ0n) is 19.6. The lowest BCUT2D eigenvalue weighted by atomic mass is 9.83. The number of rotatable bonds is 5. The lowest BCUT2D eigenvalue weighted by molar-refractivity contribution is 0.355. The first-order valence-electron chi connectivity index (χ1n) is 11.1. The molecule has 1 aliphatic carbocycles. The number of phenolic OH excluding ortho intramolecular Hbond substituents is 1. The van der Waals surface area contributed by atoms with E-state index < -0.39 is 0 Å². The molecule has 0 bridgehead atoms. The van der Waals surface area contributed by atoms with Gasteiger partial charge in [0.25, 0.3) is 0 Å². The number of hydrogen-bond donors (Lipinski definition) is 3. The van der Waals surface area contributed by atoms with Gasteiger partial charge in [-0.15, -0.1) is 0 Å². The highest BCUT2D eigenvalue weighted by Crippen LogP contribution is 2.49. The van der Waals surface area contributed by atoms with Gasteiger partial charge >= 0.3 is 0 Å². The lowest BCUT2D eigenvalue weighted by Gasteiger charge is -2.35. The summed E-state index contributed by atoms with van der Waals surface area (Å²) in [5, 5.41) is 19.0. The summed E-state index contributed by atoms with van der Waals surface area (Å²) in [5.41, 5.74) is 4.98. The highest BCUT2D eigenvalue weighted by Gasteiger charge is 2.33. The molecule has 1 atom stereocenters. The third kappa shape index (κ3) is 4.92. The van der Waals surface area contributed by atoms with Crippen molar-refractivity contribution in [3.63, 3.8) is 0 Å². The van der Waals surface area contributed by atoms with Crippen molar-refractivity contribution in [2.75, 3.05) is 12.4 Å². The average molecular weight is 411 g/mol. The van der Waals surface area contributed by atoms with Crippen LogP contribution in [-0.4, -0.2) is 23.3 Å². The van der Waals surface area contributed by atoms with E-state index >= 15 is 0 Å². The molecule has 3 rings (SSSR count). The number of benzene rings is 2. The normalized spacial score (nSPS) is 15.4. The molecule has 0 spiro atoms. The molecule has 0 saturated heterocycles. The predicted molar refractivity (Wildman–Crippen MR) is 126 cm³/mol. The molecular weight excluding hydrogens is 372 g/mol. The highest BCUT2D eigenvalue weighted by molar-refractivity contribution is 5.74. The number of anilines is 1. The summed E-state index contributed by atoms with van der Waals surface area (Å²) in [6.07, 6.45) is 4.09. The Balaban J connectivity index is 2.31. The van der Waals surface area contributed by atoms with Crippen molar-refractivity contribution in [1.82, 2.24) is 5.32 Å². The zero-order chi connectivity index (χ0) is 22.1. The number of methoxy groups -OCH3 is 1. The maximum atomic E-state index is 11.6. The molecular formula is C26H38N2O2. The van der Waals surface area contributed by atoms with Crippen molar-refractivity contribution < 1.29 is 9.84 Å². The van der Waals surface area contributed by atoms with Crippen LogP contribution in [0.25, 0.3) is 0 Å². The average Bonchev–Trinajstić information content (AvgIpc) is 2.67. The van der Waals surface area contributed by atoms with Crippen molar-refractivity contribution in [2.24, 2.45) is 0 Å². The van der Waals surface area contributed by atoms with Gasteiger partial charge in [-0.05, 0) is 83.9 Å². The van der Waals surface area contributed by atoms with Crippen LogP contribution in [0.5, 0.6) is 11.5 Å². The summed E-state index contributed by atoms with van der Waals surface area (Å²) in [6.45, 7) is 12.9. The van der Waals surface area contributed by atoms with Gasteiger partial charge in [-0.25, -0.2) is 0 Å². The molecule has 3 N–H and O–H groups in total. The van der Waals surface area contributed by atoms with Crippen molar-refractivity contribution in [3.8, 4) is 11.5 Å². The summed E-state index contributed by atoms with van der Waals surface area (Å²) in [6, 6.07) is 10.1. The summed E-state index contributed by atoms with van der Waals surface area (Å²) < 4.78 is 6.02. The second kappa shape index (κ2) is 8.50. The van der Waals surface area contributed by atoms with Gasteiger partial charge in [-0.3, -0.25) is 0 Å². The van der Waals surface area contributed by atoms with Gasteiger partial charge in [0.05, 0.1) is 24.4 Å². The number of aromatic hydroxyl groups is 1. The van der Waals surface area contributed by atoms with E-state index in [-0.39, 0.29) is 17.1 Å². The molecule has 4 nitrogen and oxygen atoms in total. The van der Waals surface area contributed by atoms with Gasteiger partial charge in [0.2, 0.25) is 0 Å². The number of fused-ring (bicyclic) bond motifs is 1. The molecule has 2 aromatic rings. The fourth-order valence-electron chi connectivity index (χ4n) is 4.37. The van der Waals surface area contributed by atoms with Gasteiger partial charge < -0.3 is 20.5 Å². The van der Waals surface area contributed by atoms with E-state index in [2.05, 4.69) is 64.3 Å². The molecule has 0 aliphatic heterocycles. The van der Waals surface area contributed by atoms with Crippen LogP contribution in [-0.2, 0) is 12.8 Å². The molecule has 2 aromatic carbocycles. The molecule has 0 fully saturated rings. The molecule has 164 valence electrons. The van der Waals surface area contributed by atoms with Gasteiger partial charge in [-0.1, -0.05) is 30.3 Å². The van der Waals surface area contributed by atoms with Gasteiger partial charge in [0.15, 0.2) is 5.75 Å². The zero-order valence-corrected chi connectivity index (χ0v) is 19.6. The summed E-state index contributed by atoms with van der Waals surface area (Å²) in [5.74, 6) is 1.13. The maximum Gasteiger partial charge on any atom is 0.151 e. The van der Waals surface area contributed by atoms with E-state index in [1.807, 2.05) is 18.2 Å². The lowest BCUT2D eigenvalue weighted by Crippen LogP contribution is -2.39. The Morgan fingerprint density at radius 1 is 0.900 bits per heavy atom. The Hall–Kier alpha value is -2.20. The van der Waals surface area contributed by atoms with Gasteiger partial charge in [0.1, 0.15) is 5.75 Å². The van der Waals surface area contributed by atoms with E-state index in [9.17, 15) is 5.11 Å². The molecule has 0 amide bonds. The molecule has 4 heteroatoms. The minimum atomic E-state index is -0.186. The highest BCUT2D eigenvalue weighted by atomic mass is 16.5. The van der Waals surface area contributed by atoms with E-state index in [1.165, 1.54) is 5.56 Å². The largest absolute Gasteiger partial charge is 0.507 e. The minimum Gasteiger partial charge on any atom is -0.507 e. The Morgan fingerprint density at radius 2 is 1.50 bits per heavy atom. The Morgan fingerprint density at radius 3 is 2.03 bits per heavy atom. The number of nitrogens with one attached hydrogen (secondary N) is 2. The third-order valence-electron chi connectivity index (χ3n) is 5.49. The molecule has 0 heterocycles. The summed E-state index contributed by atoms with van der Waals surface area (Å²) >= 11 is 0. The molecule has 0 aromatic heterocycles. The fourth-order valence-corrected chi connectivity index (χ4v) is 4.37. The molecule has 0 radical (unpaired) electrons. The van der Waals surface area contributed by atoms with Crippen LogP contribution in [0.3, 0.4) is 0 Å². The van der Waals surface area contributed by atoms with Crippen LogP contribution in [0.2, 0.25) is 0 Å². The topological polar surface area (TPSA) is 53.5 Å². The first kappa shape index (κ1) is 22.5. The maximum absolute atomic E-state index is 11.6. The minimum absolute atomic E-state index is 0.119.